The molecule has 6 rings (SSSR count). The number of aliphatic hydroxyl groups excluding tert-OH is 1. The molecule has 3 fully saturated rings. The number of furan rings is 1. The van der Waals surface area contributed by atoms with Crippen molar-refractivity contribution in [3.8, 4) is 0 Å². The average molecular weight is 585 g/mol. The van der Waals surface area contributed by atoms with Crippen molar-refractivity contribution in [2.24, 2.45) is 11.8 Å². The van der Waals surface area contributed by atoms with Crippen LogP contribution in [0.1, 0.15) is 56.5 Å². The van der Waals surface area contributed by atoms with Crippen molar-refractivity contribution >= 4 is 17.7 Å². The lowest BCUT2D eigenvalue weighted by Gasteiger charge is -2.28. The van der Waals surface area contributed by atoms with E-state index in [0.717, 1.165) is 55.0 Å². The Morgan fingerprint density at radius 3 is 2.23 bits per heavy atom. The molecule has 0 radical (unpaired) electrons. The summed E-state index contributed by atoms with van der Waals surface area (Å²) in [5, 5.41) is 13.5. The molecular formula is C34H40N4O5. The summed E-state index contributed by atoms with van der Waals surface area (Å²) in [7, 11) is 0. The smallest absolute Gasteiger partial charge is 0.290 e. The first-order valence-corrected chi connectivity index (χ1v) is 15.2. The molecule has 43 heavy (non-hydrogen) atoms. The molecule has 9 heteroatoms. The van der Waals surface area contributed by atoms with Crippen molar-refractivity contribution in [1.29, 1.82) is 0 Å². The van der Waals surface area contributed by atoms with E-state index in [1.54, 1.807) is 12.1 Å². The van der Waals surface area contributed by atoms with E-state index < -0.39 is 18.1 Å². The molecule has 0 spiro atoms. The number of aliphatic hydroxyl groups is 1. The first kappa shape index (κ1) is 29.1. The van der Waals surface area contributed by atoms with Crippen LogP contribution in [0.25, 0.3) is 0 Å². The number of likely N-dealkylation sites (tertiary alicyclic amines) is 3. The van der Waals surface area contributed by atoms with Crippen molar-refractivity contribution in [1.82, 2.24) is 20.0 Å². The number of amides is 3. The van der Waals surface area contributed by atoms with Crippen LogP contribution in [0.2, 0.25) is 0 Å². The van der Waals surface area contributed by atoms with E-state index in [2.05, 4.69) is 10.2 Å². The van der Waals surface area contributed by atoms with Gasteiger partial charge in [0.15, 0.2) is 5.76 Å². The second-order valence-electron chi connectivity index (χ2n) is 12.4. The van der Waals surface area contributed by atoms with Crippen molar-refractivity contribution < 1.29 is 23.9 Å². The molecule has 2 aromatic carbocycles. The molecule has 3 saturated heterocycles. The second kappa shape index (κ2) is 12.3. The Morgan fingerprint density at radius 2 is 1.58 bits per heavy atom. The molecule has 0 bridgehead atoms. The minimum absolute atomic E-state index is 0.0904. The van der Waals surface area contributed by atoms with E-state index >= 15 is 0 Å². The zero-order valence-electron chi connectivity index (χ0n) is 24.8. The third-order valence-electron chi connectivity index (χ3n) is 9.37. The predicted octanol–water partition coefficient (Wildman–Crippen LogP) is 3.42. The van der Waals surface area contributed by atoms with E-state index in [9.17, 15) is 19.5 Å². The molecule has 3 aliphatic heterocycles. The summed E-state index contributed by atoms with van der Waals surface area (Å²) < 4.78 is 5.27. The van der Waals surface area contributed by atoms with Crippen LogP contribution in [-0.4, -0.2) is 88.9 Å². The summed E-state index contributed by atoms with van der Waals surface area (Å²) in [5.74, 6) is 0.509. The summed E-state index contributed by atoms with van der Waals surface area (Å²) in [6.45, 7) is 8.31. The number of carbonyl (C=O) groups excluding carboxylic acids is 3. The lowest BCUT2D eigenvalue weighted by atomic mass is 10.0. The molecule has 3 aliphatic rings. The van der Waals surface area contributed by atoms with Gasteiger partial charge in [0.25, 0.3) is 11.8 Å². The molecule has 3 aromatic rings. The summed E-state index contributed by atoms with van der Waals surface area (Å²) in [6, 6.07) is 18.1. The first-order valence-electron chi connectivity index (χ1n) is 15.2. The minimum Gasteiger partial charge on any atom is -0.459 e. The topological polar surface area (TPSA) is 106 Å². The Kier molecular flexibility index (Phi) is 8.36. The molecule has 2 N–H and O–H groups in total. The SMILES string of the molecule is Cc1cccc(C)c1C(=O)N1CC2CN(CCC(NC(=O)C3CC(O)CN3C(=O)c3ccco3)c3ccccc3)C[C@H]2C1. The number of rotatable bonds is 8. The number of fused-ring (bicyclic) bond motifs is 1. The number of hydrogen-bond acceptors (Lipinski definition) is 6. The van der Waals surface area contributed by atoms with Gasteiger partial charge in [-0.25, -0.2) is 0 Å². The van der Waals surface area contributed by atoms with Crippen LogP contribution in [0.3, 0.4) is 0 Å². The number of carbonyl (C=O) groups is 3. The van der Waals surface area contributed by atoms with Crippen LogP contribution in [0.4, 0.5) is 0 Å². The van der Waals surface area contributed by atoms with Gasteiger partial charge in [0.2, 0.25) is 5.91 Å². The van der Waals surface area contributed by atoms with Gasteiger partial charge in [-0.05, 0) is 60.9 Å². The third kappa shape index (κ3) is 6.10. The molecule has 3 amide bonds. The van der Waals surface area contributed by atoms with Gasteiger partial charge in [0, 0.05) is 51.3 Å². The van der Waals surface area contributed by atoms with Gasteiger partial charge >= 0.3 is 0 Å². The minimum atomic E-state index is -0.773. The number of benzene rings is 2. The fourth-order valence-electron chi connectivity index (χ4n) is 7.16. The maximum atomic E-state index is 13.6. The van der Waals surface area contributed by atoms with Crippen LogP contribution >= 0.6 is 0 Å². The zero-order chi connectivity index (χ0) is 30.1. The van der Waals surface area contributed by atoms with Gasteiger partial charge < -0.3 is 29.5 Å². The Labute approximate surface area is 252 Å². The maximum Gasteiger partial charge on any atom is 0.290 e. The highest BCUT2D eigenvalue weighted by Gasteiger charge is 2.43. The van der Waals surface area contributed by atoms with Crippen LogP contribution in [0.15, 0.2) is 71.3 Å². The normalized spacial score (nSPS) is 24.3. The van der Waals surface area contributed by atoms with E-state index in [4.69, 9.17) is 4.42 Å². The molecule has 5 atom stereocenters. The van der Waals surface area contributed by atoms with Crippen LogP contribution in [0.5, 0.6) is 0 Å². The van der Waals surface area contributed by atoms with Gasteiger partial charge in [0.05, 0.1) is 18.4 Å². The standard InChI is InChI=1S/C34H40N4O5/c1-22-8-6-9-23(2)31(22)34(42)37-19-25-17-36(18-26(25)20-37)14-13-28(24-10-4-3-5-11-24)35-32(40)29-16-27(39)21-38(29)33(41)30-12-7-15-43-30/h3-12,15,25-29,39H,13-14,16-21H2,1-2H3,(H,35,40)/t25-,26?,27?,28?,29?/m0/s1. The number of nitrogens with zero attached hydrogens (tertiary/aromatic N) is 3. The quantitative estimate of drug-likeness (QED) is 0.420. The van der Waals surface area contributed by atoms with Gasteiger partial charge in [-0.1, -0.05) is 48.5 Å². The number of aryl methyl sites for hydroxylation is 2. The molecule has 4 heterocycles. The fraction of sp³-hybridized carbons (Fsp3) is 0.441. The first-order chi connectivity index (χ1) is 20.8. The van der Waals surface area contributed by atoms with Crippen molar-refractivity contribution in [3.05, 3.63) is 94.9 Å². The Bertz CT molecular complexity index is 1420. The fourth-order valence-corrected chi connectivity index (χ4v) is 7.16. The summed E-state index contributed by atoms with van der Waals surface area (Å²) in [5.41, 5.74) is 3.89. The van der Waals surface area contributed by atoms with Crippen LogP contribution in [0, 0.1) is 25.7 Å². The number of hydrogen-bond donors (Lipinski definition) is 2. The van der Waals surface area contributed by atoms with Crippen molar-refractivity contribution in [3.63, 3.8) is 0 Å². The molecule has 226 valence electrons. The van der Waals surface area contributed by atoms with Gasteiger partial charge in [-0.3, -0.25) is 14.4 Å². The lowest BCUT2D eigenvalue weighted by molar-refractivity contribution is -0.125. The van der Waals surface area contributed by atoms with Gasteiger partial charge in [0.1, 0.15) is 6.04 Å². The Balaban J connectivity index is 1.08. The highest BCUT2D eigenvalue weighted by Crippen LogP contribution is 2.33. The second-order valence-corrected chi connectivity index (χ2v) is 12.4. The molecule has 9 nitrogen and oxygen atoms in total. The van der Waals surface area contributed by atoms with Crippen LogP contribution in [-0.2, 0) is 4.79 Å². The third-order valence-corrected chi connectivity index (χ3v) is 9.37. The molecule has 0 aliphatic carbocycles. The van der Waals surface area contributed by atoms with E-state index in [1.165, 1.54) is 11.2 Å². The zero-order valence-corrected chi connectivity index (χ0v) is 24.8. The average Bonchev–Trinajstić information content (AvgIpc) is 3.79. The van der Waals surface area contributed by atoms with E-state index in [-0.39, 0.29) is 36.6 Å². The Morgan fingerprint density at radius 1 is 0.884 bits per heavy atom. The maximum absolute atomic E-state index is 13.6. The van der Waals surface area contributed by atoms with E-state index in [1.807, 2.05) is 67.3 Å². The Hall–Kier alpha value is -3.95. The largest absolute Gasteiger partial charge is 0.459 e. The summed E-state index contributed by atoms with van der Waals surface area (Å²) in [4.78, 5) is 45.8. The molecule has 4 unspecified atom stereocenters. The number of nitrogens with one attached hydrogen (secondary N) is 1. The van der Waals surface area contributed by atoms with Crippen molar-refractivity contribution in [2.75, 3.05) is 39.3 Å². The highest BCUT2D eigenvalue weighted by molar-refractivity contribution is 5.97. The monoisotopic (exact) mass is 584 g/mol. The molecule has 0 saturated carbocycles. The predicted molar refractivity (Wildman–Crippen MR) is 161 cm³/mol. The lowest BCUT2D eigenvalue weighted by Crippen LogP contribution is -2.47. The van der Waals surface area contributed by atoms with Gasteiger partial charge in [-0.2, -0.15) is 0 Å². The van der Waals surface area contributed by atoms with Crippen LogP contribution < -0.4 is 5.32 Å². The summed E-state index contributed by atoms with van der Waals surface area (Å²) in [6.07, 6.45) is 1.55. The highest BCUT2D eigenvalue weighted by atomic mass is 16.3. The molecule has 1 aromatic heterocycles. The van der Waals surface area contributed by atoms with Gasteiger partial charge in [-0.15, -0.1) is 0 Å². The van der Waals surface area contributed by atoms with Crippen molar-refractivity contribution in [2.45, 2.75) is 44.9 Å². The number of β-amino-alcohol motifs (C(OH)–C–C–N with tert-alkyl or cyclic N) is 1. The molecular weight excluding hydrogens is 544 g/mol. The summed E-state index contributed by atoms with van der Waals surface area (Å²) >= 11 is 0. The van der Waals surface area contributed by atoms with E-state index in [0.29, 0.717) is 18.3 Å².